The van der Waals surface area contributed by atoms with Gasteiger partial charge in [-0.2, -0.15) is 0 Å². The first kappa shape index (κ1) is 35.5. The molecule has 4 rings (SSSR count). The van der Waals surface area contributed by atoms with Gasteiger partial charge in [0, 0.05) is 0 Å². The second-order valence-corrected chi connectivity index (χ2v) is 22.6. The van der Waals surface area contributed by atoms with Crippen molar-refractivity contribution in [2.45, 2.75) is 25.7 Å². The van der Waals surface area contributed by atoms with Crippen LogP contribution in [0.3, 0.4) is 0 Å². The van der Waals surface area contributed by atoms with E-state index in [1.807, 2.05) is 0 Å². The van der Waals surface area contributed by atoms with Gasteiger partial charge in [0.25, 0.3) is 0 Å². The average Bonchev–Trinajstić information content (AvgIpc) is 3.03. The molecular formula is C40H56N4Zr. The first-order valence-electron chi connectivity index (χ1n) is 16.6. The minimum absolute atomic E-state index is 1.03. The van der Waals surface area contributed by atoms with Crippen LogP contribution in [0.4, 0.5) is 0 Å². The van der Waals surface area contributed by atoms with E-state index in [0.717, 1.165) is 51.9 Å². The summed E-state index contributed by atoms with van der Waals surface area (Å²) in [6.45, 7) is 4.13. The molecule has 0 radical (unpaired) electrons. The molecule has 0 aromatic heterocycles. The maximum atomic E-state index is 2.52. The van der Waals surface area contributed by atoms with Gasteiger partial charge in [0.15, 0.2) is 0 Å². The van der Waals surface area contributed by atoms with Crippen molar-refractivity contribution >= 4 is 13.1 Å². The van der Waals surface area contributed by atoms with E-state index >= 15 is 0 Å². The summed E-state index contributed by atoms with van der Waals surface area (Å²) in [5, 5.41) is 0. The van der Waals surface area contributed by atoms with Crippen molar-refractivity contribution in [3.05, 3.63) is 119 Å². The van der Waals surface area contributed by atoms with Gasteiger partial charge in [0.2, 0.25) is 0 Å². The van der Waals surface area contributed by atoms with Crippen LogP contribution in [0, 0.1) is 0 Å². The molecule has 4 nitrogen and oxygen atoms in total. The molecule has 0 spiro atoms. The Morgan fingerprint density at radius 2 is 0.533 bits per heavy atom. The number of rotatable bonds is 16. The van der Waals surface area contributed by atoms with Gasteiger partial charge >= 0.3 is 281 Å². The number of likely N-dealkylation sites (N-methyl/N-ethyl adjacent to an activating group) is 4. The van der Waals surface area contributed by atoms with E-state index in [-0.39, 0.29) is 0 Å². The summed E-state index contributed by atoms with van der Waals surface area (Å²) in [6.07, 6.45) is 4.17. The third kappa shape index (κ3) is 8.90. The van der Waals surface area contributed by atoms with Crippen LogP contribution in [-0.2, 0) is 45.9 Å². The molecule has 5 heteroatoms. The number of nitrogens with zero attached hydrogens (tertiary/aromatic N) is 4. The molecule has 4 aromatic carbocycles. The Bertz CT molecular complexity index is 1270. The Hall–Kier alpha value is -2.40. The van der Waals surface area contributed by atoms with Crippen molar-refractivity contribution in [3.8, 4) is 0 Å². The first-order chi connectivity index (χ1) is 21.6. The second-order valence-electron chi connectivity index (χ2n) is 13.6. The van der Waals surface area contributed by atoms with Gasteiger partial charge in [-0.3, -0.25) is 0 Å². The van der Waals surface area contributed by atoms with Gasteiger partial charge in [-0.15, -0.1) is 0 Å². The number of benzene rings is 4. The quantitative estimate of drug-likeness (QED) is 0.178. The van der Waals surface area contributed by atoms with Crippen LogP contribution in [0.1, 0.15) is 22.3 Å². The molecule has 0 amide bonds. The summed E-state index contributed by atoms with van der Waals surface area (Å²) < 4.78 is 6.45. The Balaban J connectivity index is 2.20. The Morgan fingerprint density at radius 1 is 0.333 bits per heavy atom. The Morgan fingerprint density at radius 3 is 0.733 bits per heavy atom. The number of hydrogen-bond donors (Lipinski definition) is 0. The van der Waals surface area contributed by atoms with Gasteiger partial charge in [-0.1, -0.05) is 0 Å². The molecule has 0 unspecified atom stereocenters. The van der Waals surface area contributed by atoms with E-state index in [1.54, 1.807) is 13.1 Å². The fourth-order valence-corrected chi connectivity index (χ4v) is 21.1. The molecule has 45 heavy (non-hydrogen) atoms. The molecule has 0 aliphatic rings. The van der Waals surface area contributed by atoms with E-state index in [0.29, 0.717) is 0 Å². The zero-order valence-corrected chi connectivity index (χ0v) is 31.6. The predicted molar refractivity (Wildman–Crippen MR) is 193 cm³/mol. The van der Waals surface area contributed by atoms with E-state index in [1.165, 1.54) is 22.3 Å². The predicted octanol–water partition coefficient (Wildman–Crippen LogP) is 3.86. The normalized spacial score (nSPS) is 12.2. The van der Waals surface area contributed by atoms with Crippen LogP contribution < -0.4 is 13.1 Å². The maximum absolute atomic E-state index is 4.04. The monoisotopic (exact) mass is 682 g/mol. The van der Waals surface area contributed by atoms with Gasteiger partial charge in [0.1, 0.15) is 0 Å². The van der Waals surface area contributed by atoms with Crippen molar-refractivity contribution in [3.63, 3.8) is 0 Å². The summed E-state index contributed by atoms with van der Waals surface area (Å²) in [5.41, 5.74) is 6.03. The Kier molecular flexibility index (Phi) is 13.4. The standard InChI is InChI=1S/4C10H14N.Zr/c4*1-11(2)9-8-10-6-4-3-5-7-10;/h4*3-6H,8-9H2,1-2H3;. The fraction of sp³-hybridized carbons (Fsp3) is 0.400. The van der Waals surface area contributed by atoms with Crippen molar-refractivity contribution in [1.82, 2.24) is 19.6 Å². The van der Waals surface area contributed by atoms with Crippen molar-refractivity contribution in [1.29, 1.82) is 0 Å². The molecule has 0 bridgehead atoms. The van der Waals surface area contributed by atoms with Crippen molar-refractivity contribution in [2.24, 2.45) is 0 Å². The molecule has 0 aliphatic carbocycles. The summed E-state index contributed by atoms with van der Waals surface area (Å²) in [7, 11) is 17.6. The molecule has 0 atom stereocenters. The van der Waals surface area contributed by atoms with E-state index in [2.05, 4.69) is 173 Å². The Labute approximate surface area is 279 Å². The molecule has 0 aliphatic heterocycles. The molecular weight excluding hydrogens is 628 g/mol. The average molecular weight is 684 g/mol. The van der Waals surface area contributed by atoms with Gasteiger partial charge in [-0.05, 0) is 0 Å². The summed E-state index contributed by atoms with van der Waals surface area (Å²) in [5.74, 6) is 0. The minimum atomic E-state index is -4.04. The summed E-state index contributed by atoms with van der Waals surface area (Å²) >= 11 is -4.04. The second kappa shape index (κ2) is 17.0. The molecule has 240 valence electrons. The zero-order valence-electron chi connectivity index (χ0n) is 29.2. The van der Waals surface area contributed by atoms with Gasteiger partial charge in [0.05, 0.1) is 0 Å². The van der Waals surface area contributed by atoms with Crippen LogP contribution in [0.25, 0.3) is 0 Å². The molecule has 0 fully saturated rings. The van der Waals surface area contributed by atoms with Gasteiger partial charge in [-0.25, -0.2) is 0 Å². The van der Waals surface area contributed by atoms with E-state index < -0.39 is 20.3 Å². The van der Waals surface area contributed by atoms with E-state index in [4.69, 9.17) is 0 Å². The zero-order chi connectivity index (χ0) is 32.4. The van der Waals surface area contributed by atoms with Gasteiger partial charge < -0.3 is 0 Å². The third-order valence-corrected chi connectivity index (χ3v) is 21.7. The molecule has 0 heterocycles. The summed E-state index contributed by atoms with van der Waals surface area (Å²) in [4.78, 5) is 9.31. The molecule has 0 saturated carbocycles. The van der Waals surface area contributed by atoms with Crippen LogP contribution in [0.5, 0.6) is 0 Å². The van der Waals surface area contributed by atoms with Crippen molar-refractivity contribution < 1.29 is 20.3 Å². The van der Waals surface area contributed by atoms with Crippen molar-refractivity contribution in [2.75, 3.05) is 82.6 Å². The molecule has 0 N–H and O–H groups in total. The van der Waals surface area contributed by atoms with E-state index in [9.17, 15) is 0 Å². The van der Waals surface area contributed by atoms with Crippen LogP contribution in [0.2, 0.25) is 0 Å². The topological polar surface area (TPSA) is 13.0 Å². The summed E-state index contributed by atoms with van der Waals surface area (Å²) in [6, 6.07) is 38.1. The van der Waals surface area contributed by atoms with Crippen LogP contribution in [-0.4, -0.2) is 102 Å². The number of hydrogen-bond acceptors (Lipinski definition) is 4. The van der Waals surface area contributed by atoms with Crippen LogP contribution in [0.15, 0.2) is 97.1 Å². The van der Waals surface area contributed by atoms with Crippen LogP contribution >= 0.6 is 0 Å². The SMILES string of the molecule is CN(C)CCc1cccc[c]1[Zr]([c]1ccccc1CCN(C)C)([c]1ccccc1CCN(C)C)[c]1ccccc1CCN(C)C. The third-order valence-electron chi connectivity index (χ3n) is 9.00. The fourth-order valence-electron chi connectivity index (χ4n) is 6.66. The first-order valence-corrected chi connectivity index (χ1v) is 21.5. The molecule has 4 aromatic rings. The molecule has 0 saturated heterocycles.